The van der Waals surface area contributed by atoms with Gasteiger partial charge in [0.15, 0.2) is 0 Å². The number of aryl methyl sites for hydroxylation is 1. The fourth-order valence-corrected chi connectivity index (χ4v) is 3.53. The SMILES string of the molecule is CNS(=O)(=O)c1cccc(NC(C)c2ccc(C)s2)c1. The minimum Gasteiger partial charge on any atom is -0.378 e. The maximum atomic E-state index is 11.8. The fourth-order valence-electron chi connectivity index (χ4n) is 1.88. The summed E-state index contributed by atoms with van der Waals surface area (Å²) in [4.78, 5) is 2.75. The van der Waals surface area contributed by atoms with Crippen LogP contribution in [-0.4, -0.2) is 15.5 Å². The predicted molar refractivity (Wildman–Crippen MR) is 83.8 cm³/mol. The van der Waals surface area contributed by atoms with E-state index in [0.717, 1.165) is 5.69 Å². The molecule has 0 fully saturated rings. The molecule has 2 rings (SSSR count). The van der Waals surface area contributed by atoms with E-state index in [4.69, 9.17) is 0 Å². The van der Waals surface area contributed by atoms with Crippen molar-refractivity contribution in [3.8, 4) is 0 Å². The minimum absolute atomic E-state index is 0.140. The maximum Gasteiger partial charge on any atom is 0.240 e. The number of hydrogen-bond acceptors (Lipinski definition) is 4. The van der Waals surface area contributed by atoms with E-state index in [0.29, 0.717) is 0 Å². The normalized spacial score (nSPS) is 13.2. The molecule has 6 heteroatoms. The molecule has 1 aromatic heterocycles. The van der Waals surface area contributed by atoms with Gasteiger partial charge in [0, 0.05) is 15.4 Å². The quantitative estimate of drug-likeness (QED) is 0.892. The molecule has 0 spiro atoms. The third-order valence-electron chi connectivity index (χ3n) is 2.98. The molecule has 0 aliphatic rings. The fraction of sp³-hybridized carbons (Fsp3) is 0.286. The van der Waals surface area contributed by atoms with Gasteiger partial charge in [-0.05, 0) is 51.2 Å². The first-order chi connectivity index (χ1) is 9.42. The Bertz CT molecular complexity index is 693. The van der Waals surface area contributed by atoms with E-state index < -0.39 is 10.0 Å². The number of thiophene rings is 1. The van der Waals surface area contributed by atoms with E-state index in [1.54, 1.807) is 29.5 Å². The Hall–Kier alpha value is -1.37. The minimum atomic E-state index is -3.40. The van der Waals surface area contributed by atoms with Gasteiger partial charge >= 0.3 is 0 Å². The Morgan fingerprint density at radius 2 is 1.95 bits per heavy atom. The Balaban J connectivity index is 2.20. The average molecular weight is 310 g/mol. The Kier molecular flexibility index (Phi) is 4.47. The molecular weight excluding hydrogens is 292 g/mol. The van der Waals surface area contributed by atoms with Gasteiger partial charge in [-0.15, -0.1) is 11.3 Å². The molecule has 0 saturated carbocycles. The molecule has 1 heterocycles. The van der Waals surface area contributed by atoms with E-state index in [2.05, 4.69) is 36.0 Å². The van der Waals surface area contributed by atoms with E-state index >= 15 is 0 Å². The summed E-state index contributed by atoms with van der Waals surface area (Å²) in [6.45, 7) is 4.13. The van der Waals surface area contributed by atoms with Crippen molar-refractivity contribution in [1.29, 1.82) is 0 Å². The molecule has 1 aromatic carbocycles. The predicted octanol–water partition coefficient (Wildman–Crippen LogP) is 3.14. The summed E-state index contributed by atoms with van der Waals surface area (Å²) in [6, 6.07) is 11.1. The van der Waals surface area contributed by atoms with Gasteiger partial charge < -0.3 is 5.32 Å². The summed E-state index contributed by atoms with van der Waals surface area (Å²) in [5.41, 5.74) is 0.792. The molecule has 20 heavy (non-hydrogen) atoms. The second-order valence-corrected chi connectivity index (χ2v) is 7.76. The van der Waals surface area contributed by atoms with Crippen molar-refractivity contribution in [2.45, 2.75) is 24.8 Å². The van der Waals surface area contributed by atoms with Crippen LogP contribution in [0.3, 0.4) is 0 Å². The van der Waals surface area contributed by atoms with Crippen molar-refractivity contribution < 1.29 is 8.42 Å². The lowest BCUT2D eigenvalue weighted by atomic mass is 10.2. The first-order valence-electron chi connectivity index (χ1n) is 6.29. The van der Waals surface area contributed by atoms with Gasteiger partial charge in [-0.2, -0.15) is 0 Å². The van der Waals surface area contributed by atoms with Crippen LogP contribution in [0, 0.1) is 6.92 Å². The smallest absolute Gasteiger partial charge is 0.240 e. The van der Waals surface area contributed by atoms with Crippen LogP contribution in [0.25, 0.3) is 0 Å². The van der Waals surface area contributed by atoms with E-state index in [1.165, 1.54) is 16.8 Å². The van der Waals surface area contributed by atoms with Crippen LogP contribution in [0.4, 0.5) is 5.69 Å². The lowest BCUT2D eigenvalue weighted by molar-refractivity contribution is 0.588. The van der Waals surface area contributed by atoms with Crippen molar-refractivity contribution in [3.05, 3.63) is 46.2 Å². The molecule has 1 unspecified atom stereocenters. The molecule has 0 saturated heterocycles. The van der Waals surface area contributed by atoms with E-state index in [9.17, 15) is 8.42 Å². The lowest BCUT2D eigenvalue weighted by Gasteiger charge is -2.14. The van der Waals surface area contributed by atoms with Crippen molar-refractivity contribution in [1.82, 2.24) is 4.72 Å². The first-order valence-corrected chi connectivity index (χ1v) is 8.59. The highest BCUT2D eigenvalue weighted by Crippen LogP contribution is 2.26. The summed E-state index contributed by atoms with van der Waals surface area (Å²) in [6.07, 6.45) is 0. The summed E-state index contributed by atoms with van der Waals surface area (Å²) < 4.78 is 25.9. The van der Waals surface area contributed by atoms with Crippen LogP contribution < -0.4 is 10.0 Å². The zero-order valence-electron chi connectivity index (χ0n) is 11.7. The number of hydrogen-bond donors (Lipinski definition) is 2. The van der Waals surface area contributed by atoms with Gasteiger partial charge in [0.2, 0.25) is 10.0 Å². The Labute approximate surface area is 123 Å². The number of anilines is 1. The number of rotatable bonds is 5. The lowest BCUT2D eigenvalue weighted by Crippen LogP contribution is -2.18. The monoisotopic (exact) mass is 310 g/mol. The summed E-state index contributed by atoms with van der Waals surface area (Å²) in [5, 5.41) is 3.33. The number of sulfonamides is 1. The van der Waals surface area contributed by atoms with E-state index in [-0.39, 0.29) is 10.9 Å². The molecule has 0 aliphatic heterocycles. The maximum absolute atomic E-state index is 11.8. The molecule has 0 amide bonds. The largest absolute Gasteiger partial charge is 0.378 e. The van der Waals surface area contributed by atoms with Gasteiger partial charge in [0.25, 0.3) is 0 Å². The zero-order valence-corrected chi connectivity index (χ0v) is 13.3. The second kappa shape index (κ2) is 5.95. The van der Waals surface area contributed by atoms with Crippen molar-refractivity contribution >= 4 is 27.0 Å². The summed E-state index contributed by atoms with van der Waals surface area (Å²) in [7, 11) is -2.00. The molecule has 0 radical (unpaired) electrons. The highest BCUT2D eigenvalue weighted by molar-refractivity contribution is 7.89. The topological polar surface area (TPSA) is 58.2 Å². The zero-order chi connectivity index (χ0) is 14.8. The molecule has 108 valence electrons. The van der Waals surface area contributed by atoms with Crippen molar-refractivity contribution in [2.24, 2.45) is 0 Å². The van der Waals surface area contributed by atoms with Crippen molar-refractivity contribution in [3.63, 3.8) is 0 Å². The second-order valence-electron chi connectivity index (χ2n) is 4.55. The Morgan fingerprint density at radius 1 is 1.20 bits per heavy atom. The molecule has 2 N–H and O–H groups in total. The van der Waals surface area contributed by atoms with Crippen molar-refractivity contribution in [2.75, 3.05) is 12.4 Å². The third-order valence-corrected chi connectivity index (χ3v) is 5.58. The summed E-state index contributed by atoms with van der Waals surface area (Å²) in [5.74, 6) is 0. The molecule has 0 bridgehead atoms. The van der Waals surface area contributed by atoms with Crippen LogP contribution >= 0.6 is 11.3 Å². The van der Waals surface area contributed by atoms with Gasteiger partial charge in [-0.1, -0.05) is 6.07 Å². The van der Waals surface area contributed by atoms with Gasteiger partial charge in [-0.3, -0.25) is 0 Å². The molecule has 1 atom stereocenters. The highest BCUT2D eigenvalue weighted by atomic mass is 32.2. The van der Waals surface area contributed by atoms with Crippen LogP contribution in [0.2, 0.25) is 0 Å². The van der Waals surface area contributed by atoms with E-state index in [1.807, 2.05) is 6.07 Å². The molecule has 4 nitrogen and oxygen atoms in total. The van der Waals surface area contributed by atoms with Gasteiger partial charge in [0.05, 0.1) is 10.9 Å². The highest BCUT2D eigenvalue weighted by Gasteiger charge is 2.13. The average Bonchev–Trinajstić information content (AvgIpc) is 2.86. The number of benzene rings is 1. The van der Waals surface area contributed by atoms with Crippen LogP contribution in [0.1, 0.15) is 22.7 Å². The number of nitrogens with one attached hydrogen (secondary N) is 2. The molecule has 0 aliphatic carbocycles. The van der Waals surface area contributed by atoms with Gasteiger partial charge in [0.1, 0.15) is 0 Å². The first kappa shape index (κ1) is 15.0. The van der Waals surface area contributed by atoms with Crippen LogP contribution in [-0.2, 0) is 10.0 Å². The van der Waals surface area contributed by atoms with Gasteiger partial charge in [-0.25, -0.2) is 13.1 Å². The molecule has 2 aromatic rings. The molecular formula is C14H18N2O2S2. The Morgan fingerprint density at radius 3 is 2.55 bits per heavy atom. The third kappa shape index (κ3) is 3.39. The summed E-state index contributed by atoms with van der Waals surface area (Å²) >= 11 is 1.74. The van der Waals surface area contributed by atoms with Crippen LogP contribution in [0.5, 0.6) is 0 Å². The standard InChI is InChI=1S/C14H18N2O2S2/c1-10-7-8-14(19-10)11(2)16-12-5-4-6-13(9-12)20(17,18)15-3/h4-9,11,15-16H,1-3H3. The van der Waals surface area contributed by atoms with Crippen LogP contribution in [0.15, 0.2) is 41.3 Å².